The lowest BCUT2D eigenvalue weighted by atomic mass is 10.1. The standard InChI is InChI=1S/C19H20N4O4S2/c1-9-6-14(23(25)26)15(27-5)7-13(9)22-16(24)8-28-18-17-10(2)11(3)29-19(17)21-12(4)20-18/h6-7H,8H2,1-5H3,(H,22,24). The lowest BCUT2D eigenvalue weighted by Gasteiger charge is -2.11. The van der Waals surface area contributed by atoms with Crippen molar-refractivity contribution in [3.63, 3.8) is 0 Å². The van der Waals surface area contributed by atoms with Crippen molar-refractivity contribution in [3.8, 4) is 5.75 Å². The van der Waals surface area contributed by atoms with Gasteiger partial charge in [0.25, 0.3) is 0 Å². The summed E-state index contributed by atoms with van der Waals surface area (Å²) in [6.07, 6.45) is 0. The van der Waals surface area contributed by atoms with Crippen molar-refractivity contribution in [1.29, 1.82) is 0 Å². The number of nitro groups is 1. The van der Waals surface area contributed by atoms with Gasteiger partial charge < -0.3 is 10.1 Å². The second kappa shape index (κ2) is 8.34. The largest absolute Gasteiger partial charge is 0.490 e. The number of methoxy groups -OCH3 is 1. The van der Waals surface area contributed by atoms with Crippen LogP contribution in [0.5, 0.6) is 5.75 Å². The molecule has 3 aromatic rings. The monoisotopic (exact) mass is 432 g/mol. The summed E-state index contributed by atoms with van der Waals surface area (Å²) in [7, 11) is 1.35. The molecule has 0 aliphatic heterocycles. The van der Waals surface area contributed by atoms with E-state index in [1.807, 2.05) is 20.8 Å². The average molecular weight is 433 g/mol. The predicted octanol–water partition coefficient (Wildman–Crippen LogP) is 4.57. The van der Waals surface area contributed by atoms with E-state index in [-0.39, 0.29) is 23.1 Å². The van der Waals surface area contributed by atoms with Crippen molar-refractivity contribution >= 4 is 50.6 Å². The number of carbonyl (C=O) groups is 1. The van der Waals surface area contributed by atoms with E-state index in [0.29, 0.717) is 17.1 Å². The first kappa shape index (κ1) is 21.0. The van der Waals surface area contributed by atoms with Gasteiger partial charge >= 0.3 is 5.69 Å². The first-order valence-electron chi connectivity index (χ1n) is 8.71. The number of thioether (sulfide) groups is 1. The van der Waals surface area contributed by atoms with Crippen LogP contribution in [-0.2, 0) is 4.79 Å². The van der Waals surface area contributed by atoms with Gasteiger partial charge in [0.2, 0.25) is 5.91 Å². The molecule has 2 heterocycles. The van der Waals surface area contributed by atoms with Gasteiger partial charge in [0, 0.05) is 28.1 Å². The number of ether oxygens (including phenoxy) is 1. The number of nitro benzene ring substituents is 1. The molecule has 0 spiro atoms. The molecule has 1 aromatic carbocycles. The minimum Gasteiger partial charge on any atom is -0.490 e. The zero-order valence-electron chi connectivity index (χ0n) is 16.7. The van der Waals surface area contributed by atoms with Crippen LogP contribution in [0.3, 0.4) is 0 Å². The molecule has 29 heavy (non-hydrogen) atoms. The van der Waals surface area contributed by atoms with E-state index in [1.54, 1.807) is 18.3 Å². The predicted molar refractivity (Wildman–Crippen MR) is 115 cm³/mol. The lowest BCUT2D eigenvalue weighted by Crippen LogP contribution is -2.15. The third kappa shape index (κ3) is 4.33. The number of amides is 1. The van der Waals surface area contributed by atoms with E-state index in [0.717, 1.165) is 20.8 Å². The first-order valence-corrected chi connectivity index (χ1v) is 10.5. The third-order valence-corrected chi connectivity index (χ3v) is 6.52. The van der Waals surface area contributed by atoms with Crippen molar-refractivity contribution < 1.29 is 14.5 Å². The summed E-state index contributed by atoms with van der Waals surface area (Å²) >= 11 is 2.97. The molecule has 0 unspecified atom stereocenters. The van der Waals surface area contributed by atoms with Gasteiger partial charge in [0.15, 0.2) is 5.75 Å². The second-order valence-electron chi connectivity index (χ2n) is 6.47. The fourth-order valence-electron chi connectivity index (χ4n) is 2.85. The molecule has 3 rings (SSSR count). The molecule has 0 saturated carbocycles. The SMILES string of the molecule is COc1cc(NC(=O)CSc2nc(C)nc3sc(C)c(C)c23)c(C)cc1[N+](=O)[O-]. The Hall–Kier alpha value is -2.72. The normalized spacial score (nSPS) is 10.9. The Morgan fingerprint density at radius 3 is 2.66 bits per heavy atom. The Morgan fingerprint density at radius 1 is 1.28 bits per heavy atom. The molecular formula is C19H20N4O4S2. The zero-order valence-corrected chi connectivity index (χ0v) is 18.3. The van der Waals surface area contributed by atoms with Crippen LogP contribution < -0.4 is 10.1 Å². The van der Waals surface area contributed by atoms with Gasteiger partial charge in [-0.1, -0.05) is 11.8 Å². The Bertz CT molecular complexity index is 1130. The summed E-state index contributed by atoms with van der Waals surface area (Å²) < 4.78 is 5.08. The highest BCUT2D eigenvalue weighted by molar-refractivity contribution is 8.00. The van der Waals surface area contributed by atoms with Crippen LogP contribution in [0.4, 0.5) is 11.4 Å². The molecule has 10 heteroatoms. The highest BCUT2D eigenvalue weighted by Crippen LogP contribution is 2.36. The summed E-state index contributed by atoms with van der Waals surface area (Å²) in [6.45, 7) is 7.61. The van der Waals surface area contributed by atoms with E-state index >= 15 is 0 Å². The second-order valence-corrected chi connectivity index (χ2v) is 8.64. The van der Waals surface area contributed by atoms with Gasteiger partial charge in [-0.25, -0.2) is 9.97 Å². The minimum atomic E-state index is -0.513. The van der Waals surface area contributed by atoms with E-state index in [1.165, 1.54) is 35.9 Å². The quantitative estimate of drug-likeness (QED) is 0.263. The summed E-state index contributed by atoms with van der Waals surface area (Å²) in [5.74, 6) is 0.681. The van der Waals surface area contributed by atoms with Crippen molar-refractivity contribution in [2.24, 2.45) is 0 Å². The lowest BCUT2D eigenvalue weighted by molar-refractivity contribution is -0.385. The number of benzene rings is 1. The molecule has 0 aliphatic rings. The summed E-state index contributed by atoms with van der Waals surface area (Å²) in [6, 6.07) is 2.85. The summed E-state index contributed by atoms with van der Waals surface area (Å²) in [4.78, 5) is 34.2. The maximum Gasteiger partial charge on any atom is 0.311 e. The molecule has 0 saturated heterocycles. The molecular weight excluding hydrogens is 412 g/mol. The maximum absolute atomic E-state index is 12.5. The smallest absolute Gasteiger partial charge is 0.311 e. The van der Waals surface area contributed by atoms with Gasteiger partial charge in [-0.15, -0.1) is 11.3 Å². The van der Waals surface area contributed by atoms with Gasteiger partial charge in [-0.3, -0.25) is 14.9 Å². The van der Waals surface area contributed by atoms with Gasteiger partial charge in [-0.05, 0) is 38.8 Å². The summed E-state index contributed by atoms with van der Waals surface area (Å²) in [5, 5.41) is 15.7. The van der Waals surface area contributed by atoms with Crippen LogP contribution in [0.25, 0.3) is 10.2 Å². The zero-order chi connectivity index (χ0) is 21.3. The molecule has 8 nitrogen and oxygen atoms in total. The van der Waals surface area contributed by atoms with E-state index in [2.05, 4.69) is 15.3 Å². The molecule has 0 fully saturated rings. The molecule has 0 bridgehead atoms. The highest BCUT2D eigenvalue weighted by Gasteiger charge is 2.19. The number of carbonyl (C=O) groups excluding carboxylic acids is 1. The topological polar surface area (TPSA) is 107 Å². The molecule has 2 aromatic heterocycles. The van der Waals surface area contributed by atoms with Crippen LogP contribution in [0.15, 0.2) is 17.2 Å². The van der Waals surface area contributed by atoms with Crippen LogP contribution >= 0.6 is 23.1 Å². The van der Waals surface area contributed by atoms with Crippen LogP contribution in [-0.4, -0.2) is 33.7 Å². The number of nitrogens with zero attached hydrogens (tertiary/aromatic N) is 3. The number of anilines is 1. The number of fused-ring (bicyclic) bond motifs is 1. The molecule has 0 radical (unpaired) electrons. The van der Waals surface area contributed by atoms with Crippen molar-refractivity contribution in [3.05, 3.63) is 44.1 Å². The Kier molecular flexibility index (Phi) is 6.04. The number of aromatic nitrogens is 2. The molecule has 0 aliphatic carbocycles. The average Bonchev–Trinajstić information content (AvgIpc) is 2.94. The number of rotatable bonds is 6. The summed E-state index contributed by atoms with van der Waals surface area (Å²) in [5.41, 5.74) is 2.05. The Morgan fingerprint density at radius 2 is 2.00 bits per heavy atom. The molecule has 152 valence electrons. The number of aryl methyl sites for hydroxylation is 4. The number of thiophene rings is 1. The molecule has 0 atom stereocenters. The highest BCUT2D eigenvalue weighted by atomic mass is 32.2. The minimum absolute atomic E-state index is 0.0982. The van der Waals surface area contributed by atoms with Gasteiger partial charge in [-0.2, -0.15) is 0 Å². The number of hydrogen-bond acceptors (Lipinski definition) is 8. The fraction of sp³-hybridized carbons (Fsp3) is 0.316. The fourth-order valence-corrected chi connectivity index (χ4v) is 4.92. The molecule has 1 amide bonds. The third-order valence-electron chi connectivity index (χ3n) is 4.44. The Labute approximate surface area is 175 Å². The van der Waals surface area contributed by atoms with E-state index in [9.17, 15) is 14.9 Å². The van der Waals surface area contributed by atoms with Crippen LogP contribution in [0, 0.1) is 37.8 Å². The van der Waals surface area contributed by atoms with Crippen LogP contribution in [0.2, 0.25) is 0 Å². The van der Waals surface area contributed by atoms with Crippen molar-refractivity contribution in [1.82, 2.24) is 9.97 Å². The first-order chi connectivity index (χ1) is 13.7. The maximum atomic E-state index is 12.5. The van der Waals surface area contributed by atoms with Gasteiger partial charge in [0.05, 0.1) is 17.8 Å². The van der Waals surface area contributed by atoms with Crippen molar-refractivity contribution in [2.45, 2.75) is 32.7 Å². The Balaban J connectivity index is 1.79. The van der Waals surface area contributed by atoms with E-state index < -0.39 is 4.92 Å². The van der Waals surface area contributed by atoms with Gasteiger partial charge in [0.1, 0.15) is 15.7 Å². The number of hydrogen-bond donors (Lipinski definition) is 1. The van der Waals surface area contributed by atoms with Crippen molar-refractivity contribution in [2.75, 3.05) is 18.2 Å². The van der Waals surface area contributed by atoms with E-state index in [4.69, 9.17) is 4.74 Å². The molecule has 1 N–H and O–H groups in total. The number of nitrogens with one attached hydrogen (secondary N) is 1. The van der Waals surface area contributed by atoms with Crippen LogP contribution in [0.1, 0.15) is 21.8 Å².